The fraction of sp³-hybridized carbons (Fsp3) is 0.700. The van der Waals surface area contributed by atoms with Crippen molar-refractivity contribution in [3.63, 3.8) is 0 Å². The SMILES string of the molecule is CCCCOc1ccc(C2CCC(C3CCC(CCC)CC3)CC2)cc1/C=C\C(=O)OCC. The summed E-state index contributed by atoms with van der Waals surface area (Å²) in [5.74, 6) is 4.10. The Morgan fingerprint density at radius 1 is 0.939 bits per heavy atom. The van der Waals surface area contributed by atoms with Crippen molar-refractivity contribution in [2.45, 2.75) is 104 Å². The molecule has 0 radical (unpaired) electrons. The van der Waals surface area contributed by atoms with Gasteiger partial charge in [0.2, 0.25) is 0 Å². The first-order chi connectivity index (χ1) is 16.1. The van der Waals surface area contributed by atoms with Gasteiger partial charge in [-0.15, -0.1) is 0 Å². The summed E-state index contributed by atoms with van der Waals surface area (Å²) in [6, 6.07) is 6.61. The quantitative estimate of drug-likeness (QED) is 0.191. The Kier molecular flexibility index (Phi) is 10.8. The van der Waals surface area contributed by atoms with Crippen LogP contribution in [0.4, 0.5) is 0 Å². The van der Waals surface area contributed by atoms with Gasteiger partial charge in [0, 0.05) is 11.6 Å². The van der Waals surface area contributed by atoms with E-state index in [4.69, 9.17) is 9.47 Å². The molecule has 1 aromatic carbocycles. The van der Waals surface area contributed by atoms with Crippen LogP contribution in [0.25, 0.3) is 6.08 Å². The summed E-state index contributed by atoms with van der Waals surface area (Å²) < 4.78 is 11.1. The molecule has 3 nitrogen and oxygen atoms in total. The number of benzene rings is 1. The second-order valence-electron chi connectivity index (χ2n) is 10.3. The van der Waals surface area contributed by atoms with Crippen LogP contribution in [0.2, 0.25) is 0 Å². The highest BCUT2D eigenvalue weighted by molar-refractivity contribution is 5.87. The van der Waals surface area contributed by atoms with Gasteiger partial charge in [-0.2, -0.15) is 0 Å². The van der Waals surface area contributed by atoms with Gasteiger partial charge in [-0.25, -0.2) is 4.79 Å². The Labute approximate surface area is 202 Å². The summed E-state index contributed by atoms with van der Waals surface area (Å²) in [4.78, 5) is 11.9. The van der Waals surface area contributed by atoms with E-state index in [-0.39, 0.29) is 5.97 Å². The van der Waals surface area contributed by atoms with Gasteiger partial charge in [-0.05, 0) is 99.3 Å². The van der Waals surface area contributed by atoms with E-state index in [0.29, 0.717) is 19.1 Å². The van der Waals surface area contributed by atoms with Crippen molar-refractivity contribution in [3.05, 3.63) is 35.4 Å². The van der Waals surface area contributed by atoms with E-state index in [2.05, 4.69) is 32.0 Å². The second kappa shape index (κ2) is 13.8. The van der Waals surface area contributed by atoms with Crippen molar-refractivity contribution in [1.29, 1.82) is 0 Å². The van der Waals surface area contributed by atoms with E-state index >= 15 is 0 Å². The molecule has 0 heterocycles. The summed E-state index contributed by atoms with van der Waals surface area (Å²) in [6.07, 6.45) is 19.5. The van der Waals surface area contributed by atoms with Crippen molar-refractivity contribution < 1.29 is 14.3 Å². The third kappa shape index (κ3) is 7.90. The maximum absolute atomic E-state index is 11.9. The number of rotatable bonds is 11. The maximum atomic E-state index is 11.9. The molecule has 0 unspecified atom stereocenters. The summed E-state index contributed by atoms with van der Waals surface area (Å²) in [5, 5.41) is 0. The maximum Gasteiger partial charge on any atom is 0.330 e. The Balaban J connectivity index is 1.60. The number of esters is 1. The fourth-order valence-electron chi connectivity index (χ4n) is 6.04. The van der Waals surface area contributed by atoms with Gasteiger partial charge in [0.05, 0.1) is 13.2 Å². The van der Waals surface area contributed by atoms with Gasteiger partial charge in [0.25, 0.3) is 0 Å². The summed E-state index contributed by atoms with van der Waals surface area (Å²) in [5.41, 5.74) is 2.39. The molecule has 0 saturated heterocycles. The molecule has 2 saturated carbocycles. The average Bonchev–Trinajstić information content (AvgIpc) is 2.84. The van der Waals surface area contributed by atoms with E-state index < -0.39 is 0 Å². The van der Waals surface area contributed by atoms with Crippen molar-refractivity contribution in [3.8, 4) is 5.75 Å². The van der Waals surface area contributed by atoms with E-state index in [0.717, 1.165) is 41.9 Å². The molecular formula is C30H46O3. The molecule has 2 aliphatic carbocycles. The average molecular weight is 455 g/mol. The number of hydrogen-bond acceptors (Lipinski definition) is 3. The van der Waals surface area contributed by atoms with E-state index in [1.165, 1.54) is 75.8 Å². The van der Waals surface area contributed by atoms with Crippen molar-refractivity contribution in [2.75, 3.05) is 13.2 Å². The zero-order valence-electron chi connectivity index (χ0n) is 21.3. The molecule has 2 aliphatic rings. The Hall–Kier alpha value is -1.77. The Bertz CT molecular complexity index is 737. The minimum atomic E-state index is -0.295. The van der Waals surface area contributed by atoms with Gasteiger partial charge in [-0.1, -0.05) is 52.0 Å². The van der Waals surface area contributed by atoms with Crippen LogP contribution in [-0.2, 0) is 9.53 Å². The minimum Gasteiger partial charge on any atom is -0.493 e. The van der Waals surface area contributed by atoms with Gasteiger partial charge in [0.1, 0.15) is 5.75 Å². The topological polar surface area (TPSA) is 35.5 Å². The highest BCUT2D eigenvalue weighted by atomic mass is 16.5. The number of hydrogen-bond donors (Lipinski definition) is 0. The number of carbonyl (C=O) groups is 1. The summed E-state index contributed by atoms with van der Waals surface area (Å²) in [7, 11) is 0. The first-order valence-corrected chi connectivity index (χ1v) is 13.8. The Morgan fingerprint density at radius 2 is 1.64 bits per heavy atom. The van der Waals surface area contributed by atoms with Gasteiger partial charge in [-0.3, -0.25) is 0 Å². The summed E-state index contributed by atoms with van der Waals surface area (Å²) in [6.45, 7) is 7.43. The van der Waals surface area contributed by atoms with Crippen LogP contribution in [0.1, 0.15) is 115 Å². The molecule has 0 spiro atoms. The zero-order valence-corrected chi connectivity index (χ0v) is 21.3. The third-order valence-corrected chi connectivity index (χ3v) is 7.97. The van der Waals surface area contributed by atoms with Crippen LogP contribution >= 0.6 is 0 Å². The predicted octanol–water partition coefficient (Wildman–Crippen LogP) is 8.32. The minimum absolute atomic E-state index is 0.295. The highest BCUT2D eigenvalue weighted by Crippen LogP contribution is 2.45. The van der Waals surface area contributed by atoms with Crippen molar-refractivity contribution in [1.82, 2.24) is 0 Å². The van der Waals surface area contributed by atoms with Crippen LogP contribution in [0, 0.1) is 17.8 Å². The molecule has 3 rings (SSSR count). The van der Waals surface area contributed by atoms with Crippen LogP contribution in [-0.4, -0.2) is 19.2 Å². The Morgan fingerprint density at radius 3 is 2.27 bits per heavy atom. The van der Waals surface area contributed by atoms with Crippen molar-refractivity contribution >= 4 is 12.0 Å². The van der Waals surface area contributed by atoms with E-state index in [1.54, 1.807) is 0 Å². The molecule has 184 valence electrons. The van der Waals surface area contributed by atoms with Gasteiger partial charge < -0.3 is 9.47 Å². The monoisotopic (exact) mass is 454 g/mol. The lowest BCUT2D eigenvalue weighted by Crippen LogP contribution is -2.25. The van der Waals surface area contributed by atoms with Crippen molar-refractivity contribution in [2.24, 2.45) is 17.8 Å². The number of ether oxygens (including phenoxy) is 2. The summed E-state index contributed by atoms with van der Waals surface area (Å²) >= 11 is 0. The normalized spacial score (nSPS) is 25.8. The van der Waals surface area contributed by atoms with Gasteiger partial charge in [0.15, 0.2) is 0 Å². The molecule has 0 atom stereocenters. The molecule has 0 aromatic heterocycles. The molecule has 0 N–H and O–H groups in total. The smallest absolute Gasteiger partial charge is 0.330 e. The predicted molar refractivity (Wildman–Crippen MR) is 138 cm³/mol. The zero-order chi connectivity index (χ0) is 23.5. The molecule has 0 bridgehead atoms. The largest absolute Gasteiger partial charge is 0.493 e. The molecule has 0 aliphatic heterocycles. The van der Waals surface area contributed by atoms with Crippen LogP contribution < -0.4 is 4.74 Å². The lowest BCUT2D eigenvalue weighted by atomic mass is 9.68. The lowest BCUT2D eigenvalue weighted by molar-refractivity contribution is -0.137. The van der Waals surface area contributed by atoms with E-state index in [1.807, 2.05) is 13.0 Å². The van der Waals surface area contributed by atoms with Crippen LogP contribution in [0.3, 0.4) is 0 Å². The number of unbranched alkanes of at least 4 members (excludes halogenated alkanes) is 1. The fourth-order valence-corrected chi connectivity index (χ4v) is 6.04. The molecule has 1 aromatic rings. The molecule has 33 heavy (non-hydrogen) atoms. The van der Waals surface area contributed by atoms with Gasteiger partial charge >= 0.3 is 5.97 Å². The van der Waals surface area contributed by atoms with Crippen LogP contribution in [0.15, 0.2) is 24.3 Å². The molecule has 0 amide bonds. The number of carbonyl (C=O) groups excluding carboxylic acids is 1. The second-order valence-corrected chi connectivity index (χ2v) is 10.3. The molecular weight excluding hydrogens is 408 g/mol. The van der Waals surface area contributed by atoms with E-state index in [9.17, 15) is 4.79 Å². The molecule has 3 heteroatoms. The standard InChI is InChI=1S/C30H46O3/c1-4-7-21-33-29-19-17-27(22-28(29)18-20-30(31)32-6-3)26-15-13-25(14-16-26)24-11-9-23(8-5-2)10-12-24/h17-20,22-26H,4-16,21H2,1-3H3/b20-18-. The lowest BCUT2D eigenvalue weighted by Gasteiger charge is -2.38. The highest BCUT2D eigenvalue weighted by Gasteiger charge is 2.31. The first-order valence-electron chi connectivity index (χ1n) is 13.8. The van der Waals surface area contributed by atoms with Crippen LogP contribution in [0.5, 0.6) is 5.75 Å². The first kappa shape index (κ1) is 25.8. The third-order valence-electron chi connectivity index (χ3n) is 7.97. The molecule has 2 fully saturated rings.